The molecule has 136 valence electrons. The average molecular weight is 376 g/mol. The SMILES string of the molecule is C[C@@H](Nc1ccc(N2CCCC2=O)cc1)C(=O)Nc1ccc(F)cc1Cl. The first-order valence-corrected chi connectivity index (χ1v) is 8.75. The van der Waals surface area contributed by atoms with Crippen LogP contribution in [0.15, 0.2) is 42.5 Å². The summed E-state index contributed by atoms with van der Waals surface area (Å²) in [7, 11) is 0. The maximum Gasteiger partial charge on any atom is 0.246 e. The molecule has 26 heavy (non-hydrogen) atoms. The Hall–Kier alpha value is -2.60. The Morgan fingerprint density at radius 2 is 1.96 bits per heavy atom. The number of rotatable bonds is 5. The van der Waals surface area contributed by atoms with Gasteiger partial charge in [-0.3, -0.25) is 9.59 Å². The van der Waals surface area contributed by atoms with Crippen molar-refractivity contribution in [1.29, 1.82) is 0 Å². The summed E-state index contributed by atoms with van der Waals surface area (Å²) in [6, 6.07) is 10.6. The van der Waals surface area contributed by atoms with Gasteiger partial charge < -0.3 is 15.5 Å². The van der Waals surface area contributed by atoms with Crippen LogP contribution in [0.5, 0.6) is 0 Å². The van der Waals surface area contributed by atoms with Crippen LogP contribution in [-0.2, 0) is 9.59 Å². The Kier molecular flexibility index (Phi) is 5.42. The zero-order valence-electron chi connectivity index (χ0n) is 14.3. The fraction of sp³-hybridized carbons (Fsp3) is 0.263. The van der Waals surface area contributed by atoms with Gasteiger partial charge in [-0.25, -0.2) is 4.39 Å². The molecule has 5 nitrogen and oxygen atoms in total. The average Bonchev–Trinajstić information content (AvgIpc) is 3.04. The lowest BCUT2D eigenvalue weighted by Crippen LogP contribution is -2.32. The third kappa shape index (κ3) is 4.14. The molecule has 2 N–H and O–H groups in total. The van der Waals surface area contributed by atoms with Gasteiger partial charge in [0.05, 0.1) is 10.7 Å². The molecule has 1 saturated heterocycles. The molecule has 0 aliphatic carbocycles. The molecule has 2 aromatic rings. The standard InChI is InChI=1S/C19H19ClFN3O2/c1-12(19(26)23-17-9-4-13(21)11-16(17)20)22-14-5-7-15(8-6-14)24-10-2-3-18(24)25/h4-9,11-12,22H,2-3,10H2,1H3,(H,23,26)/t12-/m1/s1. The van der Waals surface area contributed by atoms with E-state index >= 15 is 0 Å². The van der Waals surface area contributed by atoms with Crippen LogP contribution in [0.25, 0.3) is 0 Å². The predicted molar refractivity (Wildman–Crippen MR) is 101 cm³/mol. The molecule has 0 spiro atoms. The number of halogens is 2. The van der Waals surface area contributed by atoms with E-state index in [9.17, 15) is 14.0 Å². The van der Waals surface area contributed by atoms with E-state index in [1.54, 1.807) is 11.8 Å². The summed E-state index contributed by atoms with van der Waals surface area (Å²) in [4.78, 5) is 25.8. The van der Waals surface area contributed by atoms with Crippen molar-refractivity contribution in [2.45, 2.75) is 25.8 Å². The topological polar surface area (TPSA) is 61.4 Å². The van der Waals surface area contributed by atoms with Crippen LogP contribution in [0.1, 0.15) is 19.8 Å². The lowest BCUT2D eigenvalue weighted by molar-refractivity contribution is -0.117. The fourth-order valence-corrected chi connectivity index (χ4v) is 3.02. The van der Waals surface area contributed by atoms with Crippen LogP contribution in [0.2, 0.25) is 5.02 Å². The van der Waals surface area contributed by atoms with Gasteiger partial charge in [0.15, 0.2) is 0 Å². The van der Waals surface area contributed by atoms with E-state index < -0.39 is 11.9 Å². The summed E-state index contributed by atoms with van der Waals surface area (Å²) >= 11 is 5.92. The first kappa shape index (κ1) is 18.2. The highest BCUT2D eigenvalue weighted by molar-refractivity contribution is 6.33. The lowest BCUT2D eigenvalue weighted by atomic mass is 10.2. The number of nitrogens with zero attached hydrogens (tertiary/aromatic N) is 1. The maximum absolute atomic E-state index is 13.1. The number of hydrogen-bond acceptors (Lipinski definition) is 3. The fourth-order valence-electron chi connectivity index (χ4n) is 2.81. The van der Waals surface area contributed by atoms with Gasteiger partial charge in [-0.2, -0.15) is 0 Å². The van der Waals surface area contributed by atoms with Crippen molar-refractivity contribution in [2.75, 3.05) is 22.1 Å². The Labute approximate surface area is 156 Å². The van der Waals surface area contributed by atoms with Gasteiger partial charge >= 0.3 is 0 Å². The number of anilines is 3. The Balaban J connectivity index is 1.61. The molecular formula is C19H19ClFN3O2. The highest BCUT2D eigenvalue weighted by Gasteiger charge is 2.21. The summed E-state index contributed by atoms with van der Waals surface area (Å²) < 4.78 is 13.1. The molecule has 0 unspecified atom stereocenters. The molecule has 1 aliphatic rings. The van der Waals surface area contributed by atoms with Crippen molar-refractivity contribution in [3.05, 3.63) is 53.3 Å². The van der Waals surface area contributed by atoms with Crippen LogP contribution >= 0.6 is 11.6 Å². The molecular weight excluding hydrogens is 357 g/mol. The van der Waals surface area contributed by atoms with E-state index in [0.29, 0.717) is 12.1 Å². The molecule has 2 aromatic carbocycles. The summed E-state index contributed by atoms with van der Waals surface area (Å²) in [6.45, 7) is 2.45. The van der Waals surface area contributed by atoms with Crippen LogP contribution in [0.4, 0.5) is 21.5 Å². The van der Waals surface area contributed by atoms with Crippen molar-refractivity contribution >= 4 is 40.5 Å². The predicted octanol–water partition coefficient (Wildman–Crippen LogP) is 4.05. The summed E-state index contributed by atoms with van der Waals surface area (Å²) in [5, 5.41) is 5.90. The van der Waals surface area contributed by atoms with Crippen molar-refractivity contribution in [3.63, 3.8) is 0 Å². The Morgan fingerprint density at radius 3 is 2.58 bits per heavy atom. The van der Waals surface area contributed by atoms with Gasteiger partial charge in [-0.1, -0.05) is 11.6 Å². The normalized spacial score (nSPS) is 15.0. The third-order valence-electron chi connectivity index (χ3n) is 4.22. The Morgan fingerprint density at radius 1 is 1.23 bits per heavy atom. The minimum absolute atomic E-state index is 0.134. The van der Waals surface area contributed by atoms with Gasteiger partial charge in [0, 0.05) is 24.3 Å². The Bertz CT molecular complexity index is 826. The quantitative estimate of drug-likeness (QED) is 0.828. The zero-order chi connectivity index (χ0) is 18.7. The van der Waals surface area contributed by atoms with Gasteiger partial charge in [-0.05, 0) is 55.8 Å². The molecule has 1 fully saturated rings. The van der Waals surface area contributed by atoms with Crippen LogP contribution in [0, 0.1) is 5.82 Å². The second-order valence-electron chi connectivity index (χ2n) is 6.18. The zero-order valence-corrected chi connectivity index (χ0v) is 15.0. The van der Waals surface area contributed by atoms with E-state index in [1.165, 1.54) is 12.1 Å². The third-order valence-corrected chi connectivity index (χ3v) is 4.53. The highest BCUT2D eigenvalue weighted by Crippen LogP contribution is 2.24. The van der Waals surface area contributed by atoms with Gasteiger partial charge in [-0.15, -0.1) is 0 Å². The monoisotopic (exact) mass is 375 g/mol. The molecule has 3 rings (SSSR count). The van der Waals surface area contributed by atoms with Crippen LogP contribution in [-0.4, -0.2) is 24.4 Å². The summed E-state index contributed by atoms with van der Waals surface area (Å²) in [5.41, 5.74) is 1.97. The second-order valence-corrected chi connectivity index (χ2v) is 6.58. The molecule has 0 bridgehead atoms. The molecule has 0 radical (unpaired) electrons. The first-order valence-electron chi connectivity index (χ1n) is 8.37. The van der Waals surface area contributed by atoms with Crippen LogP contribution < -0.4 is 15.5 Å². The van der Waals surface area contributed by atoms with E-state index in [4.69, 9.17) is 11.6 Å². The number of amides is 2. The number of benzene rings is 2. The van der Waals surface area contributed by atoms with Gasteiger partial charge in [0.25, 0.3) is 0 Å². The van der Waals surface area contributed by atoms with Crippen molar-refractivity contribution in [1.82, 2.24) is 0 Å². The van der Waals surface area contributed by atoms with E-state index in [-0.39, 0.29) is 16.8 Å². The molecule has 0 aromatic heterocycles. The highest BCUT2D eigenvalue weighted by atomic mass is 35.5. The smallest absolute Gasteiger partial charge is 0.246 e. The number of nitrogens with one attached hydrogen (secondary N) is 2. The number of hydrogen-bond donors (Lipinski definition) is 2. The second kappa shape index (κ2) is 7.74. The van der Waals surface area contributed by atoms with Crippen molar-refractivity contribution in [3.8, 4) is 0 Å². The minimum atomic E-state index is -0.532. The van der Waals surface area contributed by atoms with E-state index in [0.717, 1.165) is 30.4 Å². The van der Waals surface area contributed by atoms with Gasteiger partial charge in [0.1, 0.15) is 11.9 Å². The van der Waals surface area contributed by atoms with E-state index in [2.05, 4.69) is 10.6 Å². The van der Waals surface area contributed by atoms with Crippen LogP contribution in [0.3, 0.4) is 0 Å². The van der Waals surface area contributed by atoms with Gasteiger partial charge in [0.2, 0.25) is 11.8 Å². The molecule has 7 heteroatoms. The molecule has 1 aliphatic heterocycles. The lowest BCUT2D eigenvalue weighted by Gasteiger charge is -2.18. The molecule has 1 atom stereocenters. The number of carbonyl (C=O) groups excluding carboxylic acids is 2. The molecule has 2 amide bonds. The first-order chi connectivity index (χ1) is 12.4. The maximum atomic E-state index is 13.1. The van der Waals surface area contributed by atoms with E-state index in [1.807, 2.05) is 24.3 Å². The van der Waals surface area contributed by atoms with Crippen molar-refractivity contribution < 1.29 is 14.0 Å². The minimum Gasteiger partial charge on any atom is -0.374 e. The van der Waals surface area contributed by atoms with Crippen molar-refractivity contribution in [2.24, 2.45) is 0 Å². The largest absolute Gasteiger partial charge is 0.374 e. The number of carbonyl (C=O) groups is 2. The molecule has 0 saturated carbocycles. The summed E-state index contributed by atoms with van der Waals surface area (Å²) in [6.07, 6.45) is 1.46. The molecule has 1 heterocycles. The summed E-state index contributed by atoms with van der Waals surface area (Å²) in [5.74, 6) is -0.623.